The van der Waals surface area contributed by atoms with Crippen LogP contribution in [0, 0.1) is 13.8 Å². The van der Waals surface area contributed by atoms with Crippen molar-refractivity contribution in [2.45, 2.75) is 18.7 Å². The van der Waals surface area contributed by atoms with Gasteiger partial charge in [0.1, 0.15) is 0 Å². The lowest BCUT2D eigenvalue weighted by Gasteiger charge is -2.12. The minimum atomic E-state index is -3.78. The fourth-order valence-corrected chi connectivity index (χ4v) is 3.37. The Balaban J connectivity index is 2.26. The standard InChI is InChI=1S/C18H22N2O4S/c1-13-5-4-6-15(11-13)20-25(22,23)16-8-7-14(2)17(12-16)18(21)19-9-10-24-3/h4-8,11-12,20H,9-10H2,1-3H3,(H,19,21). The Labute approximate surface area is 148 Å². The lowest BCUT2D eigenvalue weighted by molar-refractivity contribution is 0.0936. The summed E-state index contributed by atoms with van der Waals surface area (Å²) in [5.41, 5.74) is 2.45. The van der Waals surface area contributed by atoms with Crippen LogP contribution in [0.2, 0.25) is 0 Å². The summed E-state index contributed by atoms with van der Waals surface area (Å²) in [6.45, 7) is 4.38. The highest BCUT2D eigenvalue weighted by atomic mass is 32.2. The number of ether oxygens (including phenoxy) is 1. The minimum absolute atomic E-state index is 0.0384. The van der Waals surface area contributed by atoms with Crippen molar-refractivity contribution >= 4 is 21.6 Å². The number of amides is 1. The molecule has 2 rings (SSSR count). The highest BCUT2D eigenvalue weighted by molar-refractivity contribution is 7.92. The number of anilines is 1. The van der Waals surface area contributed by atoms with Crippen molar-refractivity contribution in [2.24, 2.45) is 0 Å². The smallest absolute Gasteiger partial charge is 0.261 e. The van der Waals surface area contributed by atoms with Gasteiger partial charge in [-0.15, -0.1) is 0 Å². The van der Waals surface area contributed by atoms with Gasteiger partial charge in [-0.25, -0.2) is 8.42 Å². The van der Waals surface area contributed by atoms with Crippen LogP contribution in [0.1, 0.15) is 21.5 Å². The number of aryl methyl sites for hydroxylation is 2. The summed E-state index contributed by atoms with van der Waals surface area (Å²) in [6.07, 6.45) is 0. The number of carbonyl (C=O) groups excluding carboxylic acids is 1. The van der Waals surface area contributed by atoms with Gasteiger partial charge in [-0.1, -0.05) is 18.2 Å². The summed E-state index contributed by atoms with van der Waals surface area (Å²) in [4.78, 5) is 12.3. The Kier molecular flexibility index (Phi) is 6.17. The van der Waals surface area contributed by atoms with E-state index in [2.05, 4.69) is 10.0 Å². The molecular formula is C18H22N2O4S. The number of methoxy groups -OCH3 is 1. The minimum Gasteiger partial charge on any atom is -0.383 e. The van der Waals surface area contributed by atoms with Crippen LogP contribution >= 0.6 is 0 Å². The number of sulfonamides is 1. The molecule has 0 radical (unpaired) electrons. The maximum Gasteiger partial charge on any atom is 0.261 e. The van der Waals surface area contributed by atoms with Gasteiger partial charge in [0.05, 0.1) is 11.5 Å². The summed E-state index contributed by atoms with van der Waals surface area (Å²) in [5, 5.41) is 2.70. The van der Waals surface area contributed by atoms with E-state index >= 15 is 0 Å². The third kappa shape index (κ3) is 5.04. The van der Waals surface area contributed by atoms with Crippen LogP contribution in [0.5, 0.6) is 0 Å². The van der Waals surface area contributed by atoms with Crippen molar-refractivity contribution in [1.29, 1.82) is 0 Å². The van der Waals surface area contributed by atoms with E-state index in [4.69, 9.17) is 4.74 Å². The average Bonchev–Trinajstić information content (AvgIpc) is 2.54. The summed E-state index contributed by atoms with van der Waals surface area (Å²) >= 11 is 0. The molecule has 2 N–H and O–H groups in total. The van der Waals surface area contributed by atoms with Crippen molar-refractivity contribution in [2.75, 3.05) is 25.0 Å². The number of rotatable bonds is 7. The predicted octanol–water partition coefficient (Wildman–Crippen LogP) is 2.48. The second kappa shape index (κ2) is 8.13. The largest absolute Gasteiger partial charge is 0.383 e. The van der Waals surface area contributed by atoms with E-state index in [1.807, 2.05) is 13.0 Å². The molecule has 2 aromatic rings. The molecule has 0 spiro atoms. The van der Waals surface area contributed by atoms with Crippen LogP contribution in [0.4, 0.5) is 5.69 Å². The van der Waals surface area contributed by atoms with Gasteiger partial charge in [-0.05, 0) is 49.2 Å². The third-order valence-electron chi connectivity index (χ3n) is 3.63. The maximum absolute atomic E-state index is 12.6. The Morgan fingerprint density at radius 2 is 1.88 bits per heavy atom. The molecule has 0 fully saturated rings. The van der Waals surface area contributed by atoms with Gasteiger partial charge in [-0.2, -0.15) is 0 Å². The topological polar surface area (TPSA) is 84.5 Å². The van der Waals surface area contributed by atoms with Gasteiger partial charge in [0.2, 0.25) is 0 Å². The van der Waals surface area contributed by atoms with Crippen LogP contribution in [-0.4, -0.2) is 34.6 Å². The van der Waals surface area contributed by atoms with Gasteiger partial charge < -0.3 is 10.1 Å². The molecule has 2 aromatic carbocycles. The maximum atomic E-state index is 12.6. The highest BCUT2D eigenvalue weighted by Crippen LogP contribution is 2.20. The van der Waals surface area contributed by atoms with E-state index in [1.165, 1.54) is 12.1 Å². The Bertz CT molecular complexity index is 863. The fourth-order valence-electron chi connectivity index (χ4n) is 2.30. The first kappa shape index (κ1) is 19.0. The summed E-state index contributed by atoms with van der Waals surface area (Å²) in [5.74, 6) is -0.331. The monoisotopic (exact) mass is 362 g/mol. The molecule has 0 unspecified atom stereocenters. The molecule has 7 heteroatoms. The van der Waals surface area contributed by atoms with E-state index < -0.39 is 10.0 Å². The van der Waals surface area contributed by atoms with Crippen LogP contribution in [-0.2, 0) is 14.8 Å². The highest BCUT2D eigenvalue weighted by Gasteiger charge is 2.18. The lowest BCUT2D eigenvalue weighted by atomic mass is 10.1. The Morgan fingerprint density at radius 3 is 2.56 bits per heavy atom. The number of nitrogens with one attached hydrogen (secondary N) is 2. The van der Waals surface area contributed by atoms with E-state index in [1.54, 1.807) is 38.3 Å². The molecule has 0 heterocycles. The first-order chi connectivity index (χ1) is 11.8. The van der Waals surface area contributed by atoms with E-state index in [0.29, 0.717) is 30.0 Å². The summed E-state index contributed by atoms with van der Waals surface area (Å²) < 4.78 is 32.6. The summed E-state index contributed by atoms with van der Waals surface area (Å²) in [7, 11) is -2.24. The zero-order valence-corrected chi connectivity index (χ0v) is 15.3. The second-order valence-electron chi connectivity index (χ2n) is 5.70. The van der Waals surface area contributed by atoms with Crippen LogP contribution in [0.3, 0.4) is 0 Å². The van der Waals surface area contributed by atoms with Crippen LogP contribution in [0.25, 0.3) is 0 Å². The Hall–Kier alpha value is -2.38. The lowest BCUT2D eigenvalue weighted by Crippen LogP contribution is -2.28. The van der Waals surface area contributed by atoms with Gasteiger partial charge >= 0.3 is 0 Å². The van der Waals surface area contributed by atoms with Crippen molar-refractivity contribution in [3.05, 3.63) is 59.2 Å². The molecular weight excluding hydrogens is 340 g/mol. The molecule has 0 aliphatic heterocycles. The molecule has 0 aliphatic carbocycles. The van der Waals surface area contributed by atoms with E-state index in [9.17, 15) is 13.2 Å². The van der Waals surface area contributed by atoms with Gasteiger partial charge in [0, 0.05) is 24.9 Å². The molecule has 0 aliphatic rings. The van der Waals surface area contributed by atoms with Crippen LogP contribution in [0.15, 0.2) is 47.4 Å². The molecule has 0 saturated carbocycles. The number of carbonyl (C=O) groups is 1. The van der Waals surface area contributed by atoms with Crippen LogP contribution < -0.4 is 10.0 Å². The first-order valence-corrected chi connectivity index (χ1v) is 9.29. The molecule has 25 heavy (non-hydrogen) atoms. The molecule has 1 amide bonds. The fraction of sp³-hybridized carbons (Fsp3) is 0.278. The number of hydrogen-bond donors (Lipinski definition) is 2. The van der Waals surface area contributed by atoms with Gasteiger partial charge in [-0.3, -0.25) is 9.52 Å². The quantitative estimate of drug-likeness (QED) is 0.741. The van der Waals surface area contributed by atoms with Crippen molar-refractivity contribution in [3.8, 4) is 0 Å². The normalized spacial score (nSPS) is 11.2. The zero-order valence-electron chi connectivity index (χ0n) is 14.5. The number of hydrogen-bond acceptors (Lipinski definition) is 4. The predicted molar refractivity (Wildman–Crippen MR) is 97.4 cm³/mol. The van der Waals surface area contributed by atoms with Crippen molar-refractivity contribution in [3.63, 3.8) is 0 Å². The van der Waals surface area contributed by atoms with E-state index in [0.717, 1.165) is 5.56 Å². The zero-order chi connectivity index (χ0) is 18.4. The second-order valence-corrected chi connectivity index (χ2v) is 7.38. The average molecular weight is 362 g/mol. The molecule has 134 valence electrons. The molecule has 0 atom stereocenters. The molecule has 0 bridgehead atoms. The third-order valence-corrected chi connectivity index (χ3v) is 5.00. The van der Waals surface area contributed by atoms with Gasteiger partial charge in [0.25, 0.3) is 15.9 Å². The Morgan fingerprint density at radius 1 is 1.12 bits per heavy atom. The van der Waals surface area contributed by atoms with Crippen molar-refractivity contribution < 1.29 is 17.9 Å². The number of benzene rings is 2. The summed E-state index contributed by atoms with van der Waals surface area (Å²) in [6, 6.07) is 11.6. The van der Waals surface area contributed by atoms with Gasteiger partial charge in [0.15, 0.2) is 0 Å². The van der Waals surface area contributed by atoms with E-state index in [-0.39, 0.29) is 10.8 Å². The molecule has 0 saturated heterocycles. The molecule has 0 aromatic heterocycles. The van der Waals surface area contributed by atoms with Crippen molar-refractivity contribution in [1.82, 2.24) is 5.32 Å². The first-order valence-electron chi connectivity index (χ1n) is 7.81. The SMILES string of the molecule is COCCNC(=O)c1cc(S(=O)(=O)Nc2cccc(C)c2)ccc1C. The molecule has 6 nitrogen and oxygen atoms in total.